The Morgan fingerprint density at radius 2 is 2.13 bits per heavy atom. The maximum Gasteiger partial charge on any atom is 0.407 e. The molecule has 1 aliphatic rings. The van der Waals surface area contributed by atoms with Crippen LogP contribution in [0.5, 0.6) is 5.75 Å². The van der Waals surface area contributed by atoms with E-state index in [1.54, 1.807) is 17.6 Å². The van der Waals surface area contributed by atoms with Gasteiger partial charge in [-0.3, -0.25) is 4.79 Å². The second-order valence-electron chi connectivity index (χ2n) is 8.33. The first-order chi connectivity index (χ1) is 14.3. The Bertz CT molecular complexity index is 848. The van der Waals surface area contributed by atoms with Crippen LogP contribution in [0.4, 0.5) is 4.79 Å². The first-order valence-corrected chi connectivity index (χ1v) is 11.1. The van der Waals surface area contributed by atoms with Crippen molar-refractivity contribution in [2.75, 3.05) is 13.1 Å². The zero-order chi connectivity index (χ0) is 21.6. The molecule has 0 radical (unpaired) electrons. The number of likely N-dealkylation sites (tertiary alicyclic amines) is 1. The van der Waals surface area contributed by atoms with Gasteiger partial charge < -0.3 is 19.7 Å². The molecule has 1 aromatic carbocycles. The maximum atomic E-state index is 13.2. The molecular weight excluding hydrogens is 402 g/mol. The van der Waals surface area contributed by atoms with Crippen molar-refractivity contribution in [3.8, 4) is 5.75 Å². The van der Waals surface area contributed by atoms with Gasteiger partial charge in [0, 0.05) is 30.1 Å². The Balaban J connectivity index is 1.61. The molecule has 1 aliphatic heterocycles. The maximum absolute atomic E-state index is 13.2. The van der Waals surface area contributed by atoms with Crippen LogP contribution in [0.3, 0.4) is 0 Å². The molecule has 2 aromatic rings. The summed E-state index contributed by atoms with van der Waals surface area (Å²) < 4.78 is 11.1. The number of carbonyl (C=O) groups excluding carboxylic acids is 2. The standard InChI is InChI=1S/C22H29N3O4S/c1-22(2,3)29-21(27)23-12-18-8-4-5-10-25(18)20(26)16-7-6-9-19(11-16)28-13-17-14-30-15-24-17/h6-7,9,11,14-15,18H,4-5,8,10,12-13H2,1-3H3,(H,23,27). The van der Waals surface area contributed by atoms with Crippen LogP contribution in [-0.4, -0.2) is 46.6 Å². The molecule has 8 heteroatoms. The number of aromatic nitrogens is 1. The Kier molecular flexibility index (Phi) is 7.31. The minimum absolute atomic E-state index is 0.0511. The van der Waals surface area contributed by atoms with E-state index in [0.29, 0.717) is 31.0 Å². The second-order valence-corrected chi connectivity index (χ2v) is 9.05. The lowest BCUT2D eigenvalue weighted by atomic mass is 10.0. The van der Waals surface area contributed by atoms with Crippen LogP contribution in [-0.2, 0) is 11.3 Å². The van der Waals surface area contributed by atoms with E-state index in [-0.39, 0.29) is 11.9 Å². The van der Waals surface area contributed by atoms with Crippen molar-refractivity contribution in [2.24, 2.45) is 0 Å². The molecule has 1 aromatic heterocycles. The molecule has 1 N–H and O–H groups in total. The number of rotatable bonds is 6. The number of carbonyl (C=O) groups is 2. The number of thiazole rings is 1. The molecule has 30 heavy (non-hydrogen) atoms. The van der Waals surface area contributed by atoms with Crippen molar-refractivity contribution < 1.29 is 19.1 Å². The van der Waals surface area contributed by atoms with Gasteiger partial charge in [-0.1, -0.05) is 6.07 Å². The van der Waals surface area contributed by atoms with E-state index in [9.17, 15) is 9.59 Å². The molecule has 0 spiro atoms. The lowest BCUT2D eigenvalue weighted by Gasteiger charge is -2.36. The van der Waals surface area contributed by atoms with E-state index in [1.165, 1.54) is 11.3 Å². The Morgan fingerprint density at radius 1 is 1.30 bits per heavy atom. The largest absolute Gasteiger partial charge is 0.487 e. The van der Waals surface area contributed by atoms with E-state index in [0.717, 1.165) is 25.0 Å². The molecular formula is C22H29N3O4S. The topological polar surface area (TPSA) is 80.8 Å². The molecule has 0 aliphatic carbocycles. The molecule has 1 saturated heterocycles. The fraction of sp³-hybridized carbons (Fsp3) is 0.500. The molecule has 3 rings (SSSR count). The number of benzene rings is 1. The number of alkyl carbamates (subject to hydrolysis) is 1. The van der Waals surface area contributed by atoms with Gasteiger partial charge in [0.25, 0.3) is 5.91 Å². The third-order valence-electron chi connectivity index (χ3n) is 4.72. The molecule has 1 unspecified atom stereocenters. The monoisotopic (exact) mass is 431 g/mol. The summed E-state index contributed by atoms with van der Waals surface area (Å²) in [7, 11) is 0. The van der Waals surface area contributed by atoms with Crippen molar-refractivity contribution in [1.29, 1.82) is 0 Å². The van der Waals surface area contributed by atoms with E-state index < -0.39 is 11.7 Å². The minimum atomic E-state index is -0.550. The number of nitrogens with zero attached hydrogens (tertiary/aromatic N) is 2. The number of piperidine rings is 1. The summed E-state index contributed by atoms with van der Waals surface area (Å²) in [5.41, 5.74) is 2.65. The zero-order valence-corrected chi connectivity index (χ0v) is 18.5. The van der Waals surface area contributed by atoms with Crippen molar-refractivity contribution in [2.45, 2.75) is 58.3 Å². The van der Waals surface area contributed by atoms with Crippen LogP contribution >= 0.6 is 11.3 Å². The van der Waals surface area contributed by atoms with Gasteiger partial charge in [0.05, 0.1) is 11.2 Å². The van der Waals surface area contributed by atoms with E-state index in [2.05, 4.69) is 10.3 Å². The molecule has 0 bridgehead atoms. The van der Waals surface area contributed by atoms with Crippen molar-refractivity contribution in [3.05, 3.63) is 46.4 Å². The Hall–Kier alpha value is -2.61. The second kappa shape index (κ2) is 9.93. The third-order valence-corrected chi connectivity index (χ3v) is 5.36. The summed E-state index contributed by atoms with van der Waals surface area (Å²) in [4.78, 5) is 31.2. The van der Waals surface area contributed by atoms with Gasteiger partial charge in [0.2, 0.25) is 0 Å². The van der Waals surface area contributed by atoms with Gasteiger partial charge in [-0.15, -0.1) is 11.3 Å². The highest BCUT2D eigenvalue weighted by molar-refractivity contribution is 7.07. The number of nitrogens with one attached hydrogen (secondary N) is 1. The van der Waals surface area contributed by atoms with Gasteiger partial charge in [-0.05, 0) is 58.2 Å². The van der Waals surface area contributed by atoms with Crippen LogP contribution in [0.15, 0.2) is 35.2 Å². The highest BCUT2D eigenvalue weighted by Gasteiger charge is 2.28. The highest BCUT2D eigenvalue weighted by Crippen LogP contribution is 2.22. The predicted molar refractivity (Wildman–Crippen MR) is 116 cm³/mol. The first-order valence-electron chi connectivity index (χ1n) is 10.2. The van der Waals surface area contributed by atoms with E-state index in [4.69, 9.17) is 9.47 Å². The minimum Gasteiger partial charge on any atom is -0.487 e. The van der Waals surface area contributed by atoms with Crippen LogP contribution in [0.2, 0.25) is 0 Å². The van der Waals surface area contributed by atoms with Gasteiger partial charge in [-0.25, -0.2) is 9.78 Å². The quantitative estimate of drug-likeness (QED) is 0.740. The van der Waals surface area contributed by atoms with Crippen LogP contribution in [0.25, 0.3) is 0 Å². The SMILES string of the molecule is CC(C)(C)OC(=O)NCC1CCCCN1C(=O)c1cccc(OCc2cscn2)c1. The van der Waals surface area contributed by atoms with Crippen LogP contribution < -0.4 is 10.1 Å². The molecule has 2 heterocycles. The van der Waals surface area contributed by atoms with Crippen molar-refractivity contribution in [1.82, 2.24) is 15.2 Å². The summed E-state index contributed by atoms with van der Waals surface area (Å²) in [5, 5.41) is 4.74. The number of hydrogen-bond acceptors (Lipinski definition) is 6. The zero-order valence-electron chi connectivity index (χ0n) is 17.7. The van der Waals surface area contributed by atoms with E-state index >= 15 is 0 Å². The highest BCUT2D eigenvalue weighted by atomic mass is 32.1. The van der Waals surface area contributed by atoms with Gasteiger partial charge >= 0.3 is 6.09 Å². The number of ether oxygens (including phenoxy) is 2. The fourth-order valence-electron chi connectivity index (χ4n) is 3.35. The van der Waals surface area contributed by atoms with Gasteiger partial charge in [0.15, 0.2) is 0 Å². The lowest BCUT2D eigenvalue weighted by Crippen LogP contribution is -2.50. The molecule has 7 nitrogen and oxygen atoms in total. The Labute approximate surface area is 181 Å². The Morgan fingerprint density at radius 3 is 2.87 bits per heavy atom. The van der Waals surface area contributed by atoms with Crippen molar-refractivity contribution in [3.63, 3.8) is 0 Å². The normalized spacial score (nSPS) is 16.8. The van der Waals surface area contributed by atoms with Gasteiger partial charge in [-0.2, -0.15) is 0 Å². The predicted octanol–water partition coefficient (Wildman–Crippen LogP) is 4.24. The molecule has 0 saturated carbocycles. The van der Waals surface area contributed by atoms with Crippen molar-refractivity contribution >= 4 is 23.3 Å². The average Bonchev–Trinajstić information content (AvgIpc) is 3.23. The molecule has 162 valence electrons. The smallest absolute Gasteiger partial charge is 0.407 e. The summed E-state index contributed by atoms with van der Waals surface area (Å²) in [5.74, 6) is 0.582. The third kappa shape index (κ3) is 6.45. The molecule has 2 amide bonds. The summed E-state index contributed by atoms with van der Waals surface area (Å²) in [6.07, 6.45) is 2.37. The average molecular weight is 432 g/mol. The summed E-state index contributed by atoms with van der Waals surface area (Å²) in [6, 6.07) is 7.16. The lowest BCUT2D eigenvalue weighted by molar-refractivity contribution is 0.0462. The molecule has 1 fully saturated rings. The number of amides is 2. The molecule has 1 atom stereocenters. The summed E-state index contributed by atoms with van der Waals surface area (Å²) >= 11 is 1.52. The summed E-state index contributed by atoms with van der Waals surface area (Å²) in [6.45, 7) is 6.89. The van der Waals surface area contributed by atoms with Crippen LogP contribution in [0, 0.1) is 0 Å². The number of hydrogen-bond donors (Lipinski definition) is 1. The van der Waals surface area contributed by atoms with Gasteiger partial charge in [0.1, 0.15) is 18.0 Å². The van der Waals surface area contributed by atoms with E-state index in [1.807, 2.05) is 43.2 Å². The fourth-order valence-corrected chi connectivity index (χ4v) is 3.89. The first kappa shape index (κ1) is 22.1. The van der Waals surface area contributed by atoms with Crippen LogP contribution in [0.1, 0.15) is 56.1 Å².